The zero-order valence-electron chi connectivity index (χ0n) is 12.8. The number of rotatable bonds is 2. The Morgan fingerprint density at radius 3 is 2.65 bits per heavy atom. The second kappa shape index (κ2) is 6.36. The van der Waals surface area contributed by atoms with E-state index in [0.29, 0.717) is 5.41 Å². The van der Waals surface area contributed by atoms with E-state index in [-0.39, 0.29) is 6.61 Å². The molecule has 1 aromatic carbocycles. The first-order chi connectivity index (χ1) is 9.41. The summed E-state index contributed by atoms with van der Waals surface area (Å²) in [6.07, 6.45) is 3.70. The van der Waals surface area contributed by atoms with E-state index >= 15 is 0 Å². The number of hydrogen-bond acceptors (Lipinski definition) is 2. The van der Waals surface area contributed by atoms with Gasteiger partial charge in [0, 0.05) is 29.4 Å². The summed E-state index contributed by atoms with van der Waals surface area (Å²) in [7, 11) is 0. The highest BCUT2D eigenvalue weighted by Gasteiger charge is 2.27. The van der Waals surface area contributed by atoms with Gasteiger partial charge in [-0.15, -0.1) is 0 Å². The van der Waals surface area contributed by atoms with E-state index in [4.69, 9.17) is 11.6 Å². The first-order valence-corrected chi connectivity index (χ1v) is 7.94. The van der Waals surface area contributed by atoms with Gasteiger partial charge in [-0.1, -0.05) is 38.4 Å². The molecule has 1 saturated heterocycles. The van der Waals surface area contributed by atoms with Crippen LogP contribution < -0.4 is 4.90 Å². The van der Waals surface area contributed by atoms with Crippen LogP contribution in [-0.2, 0) is 6.61 Å². The Hall–Kier alpha value is -0.730. The quantitative estimate of drug-likeness (QED) is 0.869. The minimum atomic E-state index is 0.0751. The molecule has 1 fully saturated rings. The lowest BCUT2D eigenvalue weighted by Crippen LogP contribution is -2.27. The van der Waals surface area contributed by atoms with E-state index in [1.54, 1.807) is 0 Å². The van der Waals surface area contributed by atoms with Crippen LogP contribution in [0.5, 0.6) is 0 Å². The van der Waals surface area contributed by atoms with Gasteiger partial charge in [-0.2, -0.15) is 0 Å². The van der Waals surface area contributed by atoms with Gasteiger partial charge in [-0.05, 0) is 42.7 Å². The van der Waals surface area contributed by atoms with Crippen molar-refractivity contribution in [1.82, 2.24) is 0 Å². The lowest BCUT2D eigenvalue weighted by Gasteiger charge is -2.30. The summed E-state index contributed by atoms with van der Waals surface area (Å²) in [5.41, 5.74) is 2.46. The average molecular weight is 296 g/mol. The fourth-order valence-electron chi connectivity index (χ4n) is 3.17. The van der Waals surface area contributed by atoms with Crippen molar-refractivity contribution in [2.45, 2.75) is 46.6 Å². The molecule has 0 radical (unpaired) electrons. The molecule has 1 aromatic rings. The van der Waals surface area contributed by atoms with Crippen LogP contribution >= 0.6 is 11.6 Å². The molecule has 1 aliphatic heterocycles. The third kappa shape index (κ3) is 3.67. The number of aliphatic hydroxyl groups is 1. The fraction of sp³-hybridized carbons (Fsp3) is 0.647. The molecule has 1 atom stereocenters. The van der Waals surface area contributed by atoms with Crippen LogP contribution in [-0.4, -0.2) is 18.2 Å². The summed E-state index contributed by atoms with van der Waals surface area (Å²) >= 11 is 6.13. The molecule has 0 saturated carbocycles. The smallest absolute Gasteiger partial charge is 0.0702 e. The maximum absolute atomic E-state index is 9.52. The molecule has 0 bridgehead atoms. The molecule has 2 nitrogen and oxygen atoms in total. The molecular weight excluding hydrogens is 270 g/mol. The van der Waals surface area contributed by atoms with Gasteiger partial charge in [0.1, 0.15) is 0 Å². The van der Waals surface area contributed by atoms with E-state index in [1.807, 2.05) is 18.2 Å². The summed E-state index contributed by atoms with van der Waals surface area (Å²) in [5, 5.41) is 10.3. The highest BCUT2D eigenvalue weighted by atomic mass is 35.5. The van der Waals surface area contributed by atoms with Crippen LogP contribution in [0.15, 0.2) is 18.2 Å². The van der Waals surface area contributed by atoms with Crippen molar-refractivity contribution < 1.29 is 5.11 Å². The van der Waals surface area contributed by atoms with Gasteiger partial charge < -0.3 is 10.0 Å². The minimum absolute atomic E-state index is 0.0751. The summed E-state index contributed by atoms with van der Waals surface area (Å²) in [6.45, 7) is 9.20. The molecule has 20 heavy (non-hydrogen) atoms. The molecular formula is C17H26ClNO. The summed E-state index contributed by atoms with van der Waals surface area (Å²) in [6, 6.07) is 5.78. The van der Waals surface area contributed by atoms with Crippen LogP contribution in [0.4, 0.5) is 5.69 Å². The van der Waals surface area contributed by atoms with Crippen molar-refractivity contribution in [3.05, 3.63) is 28.8 Å². The van der Waals surface area contributed by atoms with Crippen molar-refractivity contribution in [1.29, 1.82) is 0 Å². The Morgan fingerprint density at radius 2 is 2.00 bits per heavy atom. The Bertz CT molecular complexity index is 453. The first-order valence-electron chi connectivity index (χ1n) is 7.56. The second-order valence-electron chi connectivity index (χ2n) is 6.91. The third-order valence-electron chi connectivity index (χ3n) is 4.51. The molecule has 1 N–H and O–H groups in total. The van der Waals surface area contributed by atoms with Crippen LogP contribution in [0.1, 0.15) is 45.6 Å². The number of benzene rings is 1. The highest BCUT2D eigenvalue weighted by molar-refractivity contribution is 6.30. The largest absolute Gasteiger partial charge is 0.392 e. The lowest BCUT2D eigenvalue weighted by atomic mass is 9.77. The van der Waals surface area contributed by atoms with Crippen molar-refractivity contribution in [2.75, 3.05) is 18.0 Å². The van der Waals surface area contributed by atoms with E-state index in [2.05, 4.69) is 25.7 Å². The minimum Gasteiger partial charge on any atom is -0.392 e. The van der Waals surface area contributed by atoms with Gasteiger partial charge in [0.05, 0.1) is 6.61 Å². The summed E-state index contributed by atoms with van der Waals surface area (Å²) < 4.78 is 0. The number of hydrogen-bond donors (Lipinski definition) is 1. The Labute approximate surface area is 127 Å². The van der Waals surface area contributed by atoms with Gasteiger partial charge in [0.2, 0.25) is 0 Å². The molecule has 0 aliphatic carbocycles. The average Bonchev–Trinajstić information content (AvgIpc) is 2.63. The number of nitrogens with zero attached hydrogens (tertiary/aromatic N) is 1. The van der Waals surface area contributed by atoms with Gasteiger partial charge >= 0.3 is 0 Å². The van der Waals surface area contributed by atoms with Gasteiger partial charge in [0.15, 0.2) is 0 Å². The predicted octanol–water partition coefficient (Wildman–Crippen LogP) is 4.48. The predicted molar refractivity (Wildman–Crippen MR) is 86.4 cm³/mol. The van der Waals surface area contributed by atoms with Crippen molar-refractivity contribution >= 4 is 17.3 Å². The number of aliphatic hydroxyl groups excluding tert-OH is 1. The van der Waals surface area contributed by atoms with Gasteiger partial charge in [0.25, 0.3) is 0 Å². The lowest BCUT2D eigenvalue weighted by molar-refractivity contribution is 0.220. The Balaban J connectivity index is 2.16. The van der Waals surface area contributed by atoms with E-state index in [1.165, 1.54) is 19.3 Å². The molecule has 3 heteroatoms. The van der Waals surface area contributed by atoms with Crippen molar-refractivity contribution in [2.24, 2.45) is 11.3 Å². The monoisotopic (exact) mass is 295 g/mol. The van der Waals surface area contributed by atoms with E-state index in [9.17, 15) is 5.11 Å². The van der Waals surface area contributed by atoms with Crippen LogP contribution in [0.3, 0.4) is 0 Å². The van der Waals surface area contributed by atoms with Crippen LogP contribution in [0.2, 0.25) is 5.02 Å². The zero-order chi connectivity index (χ0) is 14.8. The first kappa shape index (κ1) is 15.7. The molecule has 1 aliphatic rings. The van der Waals surface area contributed by atoms with E-state index < -0.39 is 0 Å². The topological polar surface area (TPSA) is 23.5 Å². The highest BCUT2D eigenvalue weighted by Crippen LogP contribution is 2.36. The fourth-order valence-corrected chi connectivity index (χ4v) is 3.33. The zero-order valence-corrected chi connectivity index (χ0v) is 13.6. The molecule has 0 aromatic heterocycles. The molecule has 112 valence electrons. The van der Waals surface area contributed by atoms with E-state index in [0.717, 1.165) is 35.3 Å². The molecule has 1 heterocycles. The van der Waals surface area contributed by atoms with Crippen molar-refractivity contribution in [3.63, 3.8) is 0 Å². The normalized spacial score (nSPS) is 20.9. The summed E-state index contributed by atoms with van der Waals surface area (Å²) in [5.74, 6) is 0.768. The molecule has 2 rings (SSSR count). The molecule has 0 amide bonds. The maximum Gasteiger partial charge on any atom is 0.0702 e. The third-order valence-corrected chi connectivity index (χ3v) is 4.75. The maximum atomic E-state index is 9.52. The SMILES string of the molecule is CC(C)(C)C1CCCN(c2cc(Cl)ccc2CO)CC1. The number of halogens is 1. The molecule has 0 spiro atoms. The molecule has 1 unspecified atom stereocenters. The van der Waals surface area contributed by atoms with Crippen LogP contribution in [0.25, 0.3) is 0 Å². The Morgan fingerprint density at radius 1 is 1.25 bits per heavy atom. The van der Waals surface area contributed by atoms with Gasteiger partial charge in [-0.25, -0.2) is 0 Å². The van der Waals surface area contributed by atoms with Crippen LogP contribution in [0, 0.1) is 11.3 Å². The standard InChI is InChI=1S/C17H26ClNO/c1-17(2,3)14-5-4-9-19(10-8-14)16-11-15(18)7-6-13(16)12-20/h6-7,11,14,20H,4-5,8-10,12H2,1-3H3. The second-order valence-corrected chi connectivity index (χ2v) is 7.35. The number of anilines is 1. The van der Waals surface area contributed by atoms with Crippen molar-refractivity contribution in [3.8, 4) is 0 Å². The summed E-state index contributed by atoms with van der Waals surface area (Å²) in [4.78, 5) is 2.39. The van der Waals surface area contributed by atoms with Gasteiger partial charge in [-0.3, -0.25) is 0 Å². The Kier molecular flexibility index (Phi) is 4.98.